The predicted octanol–water partition coefficient (Wildman–Crippen LogP) is 3.66. The van der Waals surface area contributed by atoms with Crippen LogP contribution in [0.3, 0.4) is 0 Å². The first kappa shape index (κ1) is 16.0. The smallest absolute Gasteiger partial charge is 0.0254 e. The van der Waals surface area contributed by atoms with Crippen LogP contribution in [-0.4, -0.2) is 36.1 Å². The Morgan fingerprint density at radius 3 is 2.39 bits per heavy atom. The highest BCUT2D eigenvalue weighted by atomic mass is 15.2. The molecule has 1 N–H and O–H groups in total. The summed E-state index contributed by atoms with van der Waals surface area (Å²) in [5, 5.41) is 3.73. The van der Waals surface area contributed by atoms with Gasteiger partial charge in [0.2, 0.25) is 0 Å². The van der Waals surface area contributed by atoms with Crippen LogP contribution >= 0.6 is 0 Å². The third-order valence-electron chi connectivity index (χ3n) is 4.54. The Bertz CT molecular complexity index is 215. The second-order valence-electron chi connectivity index (χ2n) is 6.15. The summed E-state index contributed by atoms with van der Waals surface area (Å²) in [7, 11) is 0. The van der Waals surface area contributed by atoms with Crippen LogP contribution in [0.2, 0.25) is 0 Å². The Kier molecular flexibility index (Phi) is 7.25. The summed E-state index contributed by atoms with van der Waals surface area (Å²) in [6.45, 7) is 14.0. The van der Waals surface area contributed by atoms with E-state index in [1.807, 2.05) is 0 Å². The molecule has 1 rings (SSSR count). The van der Waals surface area contributed by atoms with E-state index in [9.17, 15) is 0 Å². The molecule has 0 amide bonds. The molecule has 1 aliphatic carbocycles. The van der Waals surface area contributed by atoms with Crippen molar-refractivity contribution in [3.05, 3.63) is 0 Å². The van der Waals surface area contributed by atoms with Gasteiger partial charge in [0.05, 0.1) is 0 Å². The number of nitrogens with zero attached hydrogens (tertiary/aromatic N) is 1. The average molecular weight is 254 g/mol. The SMILES string of the molecule is CCCN(C(C)C)C1CC(CC)CCC1NCC. The molecule has 108 valence electrons. The van der Waals surface area contributed by atoms with E-state index in [0.717, 1.165) is 18.5 Å². The van der Waals surface area contributed by atoms with Crippen molar-refractivity contribution >= 4 is 0 Å². The fraction of sp³-hybridized carbons (Fsp3) is 1.00. The monoisotopic (exact) mass is 254 g/mol. The summed E-state index contributed by atoms with van der Waals surface area (Å²) in [4.78, 5) is 2.75. The fourth-order valence-electron chi connectivity index (χ4n) is 3.53. The van der Waals surface area contributed by atoms with Gasteiger partial charge >= 0.3 is 0 Å². The maximum Gasteiger partial charge on any atom is 0.0254 e. The lowest BCUT2D eigenvalue weighted by atomic mass is 9.79. The maximum atomic E-state index is 3.73. The van der Waals surface area contributed by atoms with Gasteiger partial charge in [-0.3, -0.25) is 4.90 Å². The number of hydrogen-bond donors (Lipinski definition) is 1. The van der Waals surface area contributed by atoms with Gasteiger partial charge in [-0.15, -0.1) is 0 Å². The van der Waals surface area contributed by atoms with Gasteiger partial charge in [-0.25, -0.2) is 0 Å². The van der Waals surface area contributed by atoms with Gasteiger partial charge in [0.1, 0.15) is 0 Å². The van der Waals surface area contributed by atoms with Gasteiger partial charge in [-0.1, -0.05) is 27.2 Å². The standard InChI is InChI=1S/C16H34N2/c1-6-11-18(13(4)5)16-12-14(7-2)9-10-15(16)17-8-3/h13-17H,6-12H2,1-5H3. The van der Waals surface area contributed by atoms with Crippen molar-refractivity contribution < 1.29 is 0 Å². The average Bonchev–Trinajstić information content (AvgIpc) is 2.36. The van der Waals surface area contributed by atoms with Gasteiger partial charge < -0.3 is 5.32 Å². The lowest BCUT2D eigenvalue weighted by Gasteiger charge is -2.45. The van der Waals surface area contributed by atoms with E-state index in [4.69, 9.17) is 0 Å². The Balaban J connectivity index is 2.73. The number of hydrogen-bond acceptors (Lipinski definition) is 2. The first-order valence-corrected chi connectivity index (χ1v) is 8.13. The molecule has 0 radical (unpaired) electrons. The minimum atomic E-state index is 0.673. The van der Waals surface area contributed by atoms with Crippen molar-refractivity contribution in [3.63, 3.8) is 0 Å². The molecule has 3 atom stereocenters. The molecule has 1 aliphatic rings. The number of likely N-dealkylation sites (N-methyl/N-ethyl adjacent to an activating group) is 1. The molecule has 0 aromatic carbocycles. The van der Waals surface area contributed by atoms with Crippen molar-refractivity contribution in [1.82, 2.24) is 10.2 Å². The molecule has 18 heavy (non-hydrogen) atoms. The summed E-state index contributed by atoms with van der Waals surface area (Å²) in [5.41, 5.74) is 0. The zero-order valence-corrected chi connectivity index (χ0v) is 13.2. The lowest BCUT2D eigenvalue weighted by Crippen LogP contribution is -2.55. The van der Waals surface area contributed by atoms with E-state index in [0.29, 0.717) is 12.1 Å². The molecule has 0 spiro atoms. The molecule has 1 saturated carbocycles. The summed E-state index contributed by atoms with van der Waals surface area (Å²) in [6, 6.07) is 2.14. The summed E-state index contributed by atoms with van der Waals surface area (Å²) in [6.07, 6.45) is 6.80. The van der Waals surface area contributed by atoms with Crippen LogP contribution in [-0.2, 0) is 0 Å². The molecular weight excluding hydrogens is 220 g/mol. The molecule has 0 aromatic heterocycles. The van der Waals surface area contributed by atoms with E-state index in [-0.39, 0.29) is 0 Å². The normalized spacial score (nSPS) is 29.2. The molecule has 0 heterocycles. The largest absolute Gasteiger partial charge is 0.313 e. The van der Waals surface area contributed by atoms with E-state index in [2.05, 4.69) is 44.8 Å². The lowest BCUT2D eigenvalue weighted by molar-refractivity contribution is 0.0708. The van der Waals surface area contributed by atoms with Crippen LogP contribution in [0.4, 0.5) is 0 Å². The van der Waals surface area contributed by atoms with Crippen molar-refractivity contribution in [3.8, 4) is 0 Å². The Morgan fingerprint density at radius 1 is 1.17 bits per heavy atom. The Labute approximate surface area is 115 Å². The number of rotatable bonds is 7. The van der Waals surface area contributed by atoms with Crippen LogP contribution in [0.5, 0.6) is 0 Å². The fourth-order valence-corrected chi connectivity index (χ4v) is 3.53. The second kappa shape index (κ2) is 8.16. The Morgan fingerprint density at radius 2 is 1.89 bits per heavy atom. The molecule has 0 aromatic rings. The van der Waals surface area contributed by atoms with E-state index in [1.165, 1.54) is 38.6 Å². The topological polar surface area (TPSA) is 15.3 Å². The zero-order valence-electron chi connectivity index (χ0n) is 13.2. The molecule has 0 saturated heterocycles. The molecule has 1 fully saturated rings. The van der Waals surface area contributed by atoms with Crippen molar-refractivity contribution in [2.75, 3.05) is 13.1 Å². The van der Waals surface area contributed by atoms with Gasteiger partial charge in [0, 0.05) is 18.1 Å². The van der Waals surface area contributed by atoms with Gasteiger partial charge in [0.25, 0.3) is 0 Å². The third kappa shape index (κ3) is 4.24. The van der Waals surface area contributed by atoms with Crippen molar-refractivity contribution in [2.24, 2.45) is 5.92 Å². The highest BCUT2D eigenvalue weighted by Crippen LogP contribution is 2.31. The molecule has 0 bridgehead atoms. The zero-order chi connectivity index (χ0) is 13.5. The predicted molar refractivity (Wildman–Crippen MR) is 81.0 cm³/mol. The Hall–Kier alpha value is -0.0800. The first-order chi connectivity index (χ1) is 8.63. The van der Waals surface area contributed by atoms with Crippen LogP contribution in [0.25, 0.3) is 0 Å². The molecule has 2 heteroatoms. The highest BCUT2D eigenvalue weighted by Gasteiger charge is 2.33. The summed E-state index contributed by atoms with van der Waals surface area (Å²) in [5.74, 6) is 0.947. The quantitative estimate of drug-likeness (QED) is 0.746. The first-order valence-electron chi connectivity index (χ1n) is 8.13. The van der Waals surface area contributed by atoms with Crippen molar-refractivity contribution in [1.29, 1.82) is 0 Å². The molecule has 2 nitrogen and oxygen atoms in total. The number of nitrogens with one attached hydrogen (secondary N) is 1. The van der Waals surface area contributed by atoms with Crippen LogP contribution < -0.4 is 5.32 Å². The third-order valence-corrected chi connectivity index (χ3v) is 4.54. The molecule has 3 unspecified atom stereocenters. The van der Waals surface area contributed by atoms with Gasteiger partial charge in [0.15, 0.2) is 0 Å². The van der Waals surface area contributed by atoms with Crippen LogP contribution in [0, 0.1) is 5.92 Å². The van der Waals surface area contributed by atoms with Crippen molar-refractivity contribution in [2.45, 2.75) is 84.8 Å². The van der Waals surface area contributed by atoms with E-state index >= 15 is 0 Å². The van der Waals surface area contributed by atoms with Crippen LogP contribution in [0.15, 0.2) is 0 Å². The van der Waals surface area contributed by atoms with E-state index < -0.39 is 0 Å². The van der Waals surface area contributed by atoms with Gasteiger partial charge in [-0.2, -0.15) is 0 Å². The molecule has 0 aliphatic heterocycles. The summed E-state index contributed by atoms with van der Waals surface area (Å²) < 4.78 is 0. The highest BCUT2D eigenvalue weighted by molar-refractivity contribution is 4.91. The summed E-state index contributed by atoms with van der Waals surface area (Å²) >= 11 is 0. The van der Waals surface area contributed by atoms with Gasteiger partial charge in [-0.05, 0) is 58.5 Å². The molecular formula is C16H34N2. The minimum absolute atomic E-state index is 0.673. The minimum Gasteiger partial charge on any atom is -0.313 e. The van der Waals surface area contributed by atoms with Crippen LogP contribution in [0.1, 0.15) is 66.7 Å². The second-order valence-corrected chi connectivity index (χ2v) is 6.15. The maximum absolute atomic E-state index is 3.73. The van der Waals surface area contributed by atoms with E-state index in [1.54, 1.807) is 0 Å².